The van der Waals surface area contributed by atoms with Gasteiger partial charge in [-0.2, -0.15) is 4.68 Å². The maximum atomic E-state index is 5.74. The fourth-order valence-electron chi connectivity index (χ4n) is 3.76. The standard InChI is InChI=1S/C19H22N4S2/c1-2-22-18(15-8-4-3-5-9-15)20-23(19(22)24)14-21-12-6-10-16(21)17-11-7-13-25-17/h3-5,7-9,11,13,16H,2,6,10,12,14H2,1H3/p+1/t16-/m0/s1. The van der Waals surface area contributed by atoms with Crippen molar-refractivity contribution in [2.75, 3.05) is 6.54 Å². The fraction of sp³-hybridized carbons (Fsp3) is 0.368. The highest BCUT2D eigenvalue weighted by molar-refractivity contribution is 7.71. The predicted octanol–water partition coefficient (Wildman–Crippen LogP) is 3.54. The minimum atomic E-state index is 0.578. The van der Waals surface area contributed by atoms with Crippen molar-refractivity contribution >= 4 is 23.6 Å². The summed E-state index contributed by atoms with van der Waals surface area (Å²) in [7, 11) is 0. The average Bonchev–Trinajstić information content (AvgIpc) is 3.37. The van der Waals surface area contributed by atoms with E-state index < -0.39 is 0 Å². The third kappa shape index (κ3) is 3.21. The summed E-state index contributed by atoms with van der Waals surface area (Å²) in [4.78, 5) is 3.05. The van der Waals surface area contributed by atoms with Crippen molar-refractivity contribution in [3.05, 3.63) is 57.5 Å². The number of likely N-dealkylation sites (tertiary alicyclic amines) is 1. The lowest BCUT2D eigenvalue weighted by Gasteiger charge is -2.20. The van der Waals surface area contributed by atoms with E-state index in [2.05, 4.69) is 53.3 Å². The molecule has 130 valence electrons. The van der Waals surface area contributed by atoms with Gasteiger partial charge in [0.15, 0.2) is 12.5 Å². The van der Waals surface area contributed by atoms with Crippen molar-refractivity contribution in [1.29, 1.82) is 0 Å². The van der Waals surface area contributed by atoms with E-state index in [4.69, 9.17) is 17.3 Å². The number of nitrogens with zero attached hydrogens (tertiary/aromatic N) is 3. The molecular formula is C19H23N4S2+. The molecule has 0 amide bonds. The lowest BCUT2D eigenvalue weighted by atomic mass is 10.2. The van der Waals surface area contributed by atoms with E-state index in [0.717, 1.165) is 29.4 Å². The van der Waals surface area contributed by atoms with Crippen LogP contribution in [0.5, 0.6) is 0 Å². The number of nitrogens with one attached hydrogen (secondary N) is 1. The third-order valence-electron chi connectivity index (χ3n) is 4.99. The van der Waals surface area contributed by atoms with Gasteiger partial charge >= 0.3 is 0 Å². The summed E-state index contributed by atoms with van der Waals surface area (Å²) < 4.78 is 4.99. The van der Waals surface area contributed by atoms with E-state index in [1.807, 2.05) is 22.1 Å². The molecule has 0 bridgehead atoms. The number of hydrogen-bond acceptors (Lipinski definition) is 3. The summed E-state index contributed by atoms with van der Waals surface area (Å²) in [5.74, 6) is 0.972. The Bertz CT molecular complexity index is 880. The Morgan fingerprint density at radius 1 is 1.24 bits per heavy atom. The van der Waals surface area contributed by atoms with E-state index in [0.29, 0.717) is 6.04 Å². The van der Waals surface area contributed by atoms with Gasteiger partial charge in [-0.05, 0) is 30.6 Å². The molecule has 1 fully saturated rings. The first-order valence-corrected chi connectivity index (χ1v) is 10.2. The van der Waals surface area contributed by atoms with E-state index >= 15 is 0 Å². The zero-order chi connectivity index (χ0) is 17.2. The highest BCUT2D eigenvalue weighted by Crippen LogP contribution is 2.24. The van der Waals surface area contributed by atoms with Crippen LogP contribution in [0.15, 0.2) is 47.8 Å². The molecule has 0 aliphatic carbocycles. The van der Waals surface area contributed by atoms with E-state index in [1.165, 1.54) is 24.3 Å². The molecule has 4 nitrogen and oxygen atoms in total. The first-order valence-electron chi connectivity index (χ1n) is 8.89. The lowest BCUT2D eigenvalue weighted by Crippen LogP contribution is -3.09. The van der Waals surface area contributed by atoms with Gasteiger partial charge in [0.2, 0.25) is 4.77 Å². The zero-order valence-corrected chi connectivity index (χ0v) is 16.0. The topological polar surface area (TPSA) is 27.2 Å². The number of aromatic nitrogens is 3. The first kappa shape index (κ1) is 16.7. The number of benzene rings is 1. The number of quaternary nitrogens is 1. The van der Waals surface area contributed by atoms with Crippen LogP contribution in [0.1, 0.15) is 30.7 Å². The average molecular weight is 372 g/mol. The van der Waals surface area contributed by atoms with Crippen LogP contribution < -0.4 is 4.90 Å². The van der Waals surface area contributed by atoms with Gasteiger partial charge in [-0.25, -0.2) is 0 Å². The van der Waals surface area contributed by atoms with Gasteiger partial charge in [-0.1, -0.05) is 36.4 Å². The highest BCUT2D eigenvalue weighted by Gasteiger charge is 2.31. The second kappa shape index (κ2) is 7.23. The summed E-state index contributed by atoms with van der Waals surface area (Å²) >= 11 is 7.60. The van der Waals surface area contributed by atoms with Gasteiger partial charge in [0.05, 0.1) is 11.4 Å². The van der Waals surface area contributed by atoms with Crippen LogP contribution in [0.25, 0.3) is 11.4 Å². The Balaban J connectivity index is 1.65. The van der Waals surface area contributed by atoms with Crippen LogP contribution in [0.3, 0.4) is 0 Å². The fourth-order valence-corrected chi connectivity index (χ4v) is 5.00. The largest absolute Gasteiger partial charge is 0.309 e. The number of thiophene rings is 1. The van der Waals surface area contributed by atoms with Crippen molar-refractivity contribution in [2.24, 2.45) is 0 Å². The Hall–Kier alpha value is -1.76. The SMILES string of the molecule is CCn1c(-c2ccccc2)nn(C[NH+]2CCC[C@H]2c2cccs2)c1=S. The molecule has 0 radical (unpaired) electrons. The molecule has 1 aliphatic rings. The molecular weight excluding hydrogens is 348 g/mol. The Kier molecular flexibility index (Phi) is 4.83. The normalized spacial score (nSPS) is 20.2. The molecule has 3 aromatic rings. The molecule has 25 heavy (non-hydrogen) atoms. The first-order chi connectivity index (χ1) is 12.3. The van der Waals surface area contributed by atoms with Gasteiger partial charge in [-0.15, -0.1) is 16.4 Å². The van der Waals surface area contributed by atoms with Crippen molar-refractivity contribution in [3.63, 3.8) is 0 Å². The van der Waals surface area contributed by atoms with Crippen molar-refractivity contribution in [1.82, 2.24) is 14.3 Å². The lowest BCUT2D eigenvalue weighted by molar-refractivity contribution is -0.941. The second-order valence-corrected chi connectivity index (χ2v) is 7.84. The molecule has 2 atom stereocenters. The van der Waals surface area contributed by atoms with Gasteiger partial charge in [0.1, 0.15) is 6.04 Å². The zero-order valence-electron chi connectivity index (χ0n) is 14.4. The van der Waals surface area contributed by atoms with Crippen LogP contribution in [0.2, 0.25) is 0 Å². The summed E-state index contributed by atoms with van der Waals surface area (Å²) in [6.45, 7) is 5.00. The Labute approximate surface area is 157 Å². The van der Waals surface area contributed by atoms with Crippen LogP contribution in [0.4, 0.5) is 0 Å². The molecule has 2 aromatic heterocycles. The maximum Gasteiger partial charge on any atom is 0.203 e. The van der Waals surface area contributed by atoms with Crippen molar-refractivity contribution in [3.8, 4) is 11.4 Å². The van der Waals surface area contributed by atoms with E-state index in [-0.39, 0.29) is 0 Å². The highest BCUT2D eigenvalue weighted by atomic mass is 32.1. The minimum Gasteiger partial charge on any atom is -0.309 e. The summed E-state index contributed by atoms with van der Waals surface area (Å²) in [5, 5.41) is 7.06. The van der Waals surface area contributed by atoms with Crippen LogP contribution in [-0.4, -0.2) is 20.9 Å². The summed E-state index contributed by atoms with van der Waals surface area (Å²) in [6.07, 6.45) is 2.52. The summed E-state index contributed by atoms with van der Waals surface area (Å²) in [6, 6.07) is 15.3. The van der Waals surface area contributed by atoms with Gasteiger partial charge in [0, 0.05) is 24.9 Å². The third-order valence-corrected chi connectivity index (χ3v) is 6.41. The minimum absolute atomic E-state index is 0.578. The Morgan fingerprint density at radius 3 is 2.80 bits per heavy atom. The molecule has 1 aromatic carbocycles. The number of hydrogen-bond donors (Lipinski definition) is 1. The van der Waals surface area contributed by atoms with Crippen LogP contribution >= 0.6 is 23.6 Å². The number of rotatable bonds is 5. The summed E-state index contributed by atoms with van der Waals surface area (Å²) in [5.41, 5.74) is 1.13. The smallest absolute Gasteiger partial charge is 0.203 e. The van der Waals surface area contributed by atoms with Gasteiger partial charge in [-0.3, -0.25) is 0 Å². The Morgan fingerprint density at radius 2 is 2.08 bits per heavy atom. The van der Waals surface area contributed by atoms with Gasteiger partial charge < -0.3 is 9.47 Å². The monoisotopic (exact) mass is 371 g/mol. The molecule has 1 aliphatic heterocycles. The molecule has 0 spiro atoms. The molecule has 1 unspecified atom stereocenters. The molecule has 3 heterocycles. The molecule has 1 saturated heterocycles. The molecule has 6 heteroatoms. The van der Waals surface area contributed by atoms with Crippen LogP contribution in [0, 0.1) is 4.77 Å². The van der Waals surface area contributed by atoms with E-state index in [9.17, 15) is 0 Å². The van der Waals surface area contributed by atoms with E-state index in [1.54, 1.807) is 4.90 Å². The van der Waals surface area contributed by atoms with Crippen molar-refractivity contribution in [2.45, 2.75) is 39.0 Å². The molecule has 1 N–H and O–H groups in total. The molecule has 0 saturated carbocycles. The molecule has 4 rings (SSSR count). The van der Waals surface area contributed by atoms with Crippen molar-refractivity contribution < 1.29 is 4.90 Å². The predicted molar refractivity (Wildman–Crippen MR) is 104 cm³/mol. The quantitative estimate of drug-likeness (QED) is 0.695. The second-order valence-electron chi connectivity index (χ2n) is 6.49. The maximum absolute atomic E-state index is 5.74. The van der Waals surface area contributed by atoms with Gasteiger partial charge in [0.25, 0.3) is 0 Å². The van der Waals surface area contributed by atoms with Crippen LogP contribution in [-0.2, 0) is 13.2 Å².